The summed E-state index contributed by atoms with van der Waals surface area (Å²) in [5.41, 5.74) is 3.04. The van der Waals surface area contributed by atoms with Crippen molar-refractivity contribution in [1.82, 2.24) is 9.84 Å². The lowest BCUT2D eigenvalue weighted by atomic mass is 10.3. The number of hydrogen-bond acceptors (Lipinski definition) is 4. The van der Waals surface area contributed by atoms with E-state index in [0.717, 1.165) is 4.41 Å². The monoisotopic (exact) mass is 393 g/mol. The summed E-state index contributed by atoms with van der Waals surface area (Å²) >= 11 is 22.7. The van der Waals surface area contributed by atoms with Gasteiger partial charge in [-0.05, 0) is 12.1 Å². The van der Waals surface area contributed by atoms with Crippen molar-refractivity contribution >= 4 is 70.1 Å². The Bertz CT molecular complexity index is 549. The van der Waals surface area contributed by atoms with E-state index in [9.17, 15) is 9.18 Å². The van der Waals surface area contributed by atoms with Crippen LogP contribution in [0.1, 0.15) is 0 Å². The Morgan fingerprint density at radius 3 is 2.43 bits per heavy atom. The van der Waals surface area contributed by atoms with Gasteiger partial charge < -0.3 is 4.74 Å². The molecule has 5 nitrogen and oxygen atoms in total. The number of benzene rings is 1. The molecule has 0 unspecified atom stereocenters. The third-order valence-corrected chi connectivity index (χ3v) is 4.12. The number of nitrogens with zero attached hydrogens (tertiary/aromatic N) is 2. The fourth-order valence-electron chi connectivity index (χ4n) is 1.65. The summed E-state index contributed by atoms with van der Waals surface area (Å²) in [6.07, 6.45) is 0. The average molecular weight is 395 g/mol. The molecule has 0 aliphatic carbocycles. The Balaban J connectivity index is 2.23. The molecule has 1 N–H and O–H groups in total. The molecule has 116 valence electrons. The Labute approximate surface area is 144 Å². The maximum atomic E-state index is 13.2. The highest BCUT2D eigenvalue weighted by Crippen LogP contribution is 2.41. The summed E-state index contributed by atoms with van der Waals surface area (Å²) in [5.74, 6) is 0.303. The van der Waals surface area contributed by atoms with Crippen LogP contribution in [0.5, 0.6) is 5.75 Å². The van der Waals surface area contributed by atoms with Crippen LogP contribution < -0.4 is 15.1 Å². The summed E-state index contributed by atoms with van der Waals surface area (Å²) < 4.78 is 16.4. The summed E-state index contributed by atoms with van der Waals surface area (Å²) in [7, 11) is 1.43. The van der Waals surface area contributed by atoms with E-state index in [0.29, 0.717) is 23.4 Å². The van der Waals surface area contributed by atoms with E-state index in [1.54, 1.807) is 0 Å². The predicted octanol–water partition coefficient (Wildman–Crippen LogP) is 4.41. The fraction of sp³-hybridized carbons (Fsp3) is 0.300. The second-order valence-corrected chi connectivity index (χ2v) is 7.41. The molecule has 0 bridgehead atoms. The van der Waals surface area contributed by atoms with Gasteiger partial charge in [0.15, 0.2) is 5.75 Å². The minimum Gasteiger partial charge on any atom is -0.494 e. The number of anilines is 1. The molecule has 1 aliphatic heterocycles. The second-order valence-electron chi connectivity index (χ2n) is 3.80. The lowest BCUT2D eigenvalue weighted by Crippen LogP contribution is -2.31. The number of hydrazine groups is 1. The van der Waals surface area contributed by atoms with Gasteiger partial charge >= 0.3 is 9.95 Å². The predicted molar refractivity (Wildman–Crippen MR) is 83.9 cm³/mol. The van der Waals surface area contributed by atoms with E-state index in [1.807, 2.05) is 0 Å². The zero-order chi connectivity index (χ0) is 15.8. The Hall–Kier alpha value is -0.310. The molecule has 2 rings (SSSR count). The van der Waals surface area contributed by atoms with Gasteiger partial charge in [0.1, 0.15) is 0 Å². The zero-order valence-electron chi connectivity index (χ0n) is 10.4. The minimum absolute atomic E-state index is 0.0781. The number of carbonyl (C=O) groups excluding carboxylic acids is 1. The first-order chi connectivity index (χ1) is 9.73. The maximum Gasteiger partial charge on any atom is 0.350 e. The molecule has 1 aliphatic rings. The molecule has 1 aromatic rings. The molecular formula is C10H8Cl4FN3O2S. The van der Waals surface area contributed by atoms with E-state index in [-0.39, 0.29) is 16.7 Å². The highest BCUT2D eigenvalue weighted by Gasteiger charge is 2.37. The average Bonchev–Trinajstić information content (AvgIpc) is 2.68. The first-order valence-electron chi connectivity index (χ1n) is 5.37. The largest absolute Gasteiger partial charge is 0.494 e. The van der Waals surface area contributed by atoms with Gasteiger partial charge in [-0.3, -0.25) is 4.90 Å². The van der Waals surface area contributed by atoms with Gasteiger partial charge in [-0.15, -0.1) is 0 Å². The van der Waals surface area contributed by atoms with Crippen molar-refractivity contribution in [3.63, 3.8) is 0 Å². The molecule has 2 amide bonds. The Morgan fingerprint density at radius 1 is 1.38 bits per heavy atom. The SMILES string of the molecule is COc1c(Cl)cc(N2CNN(SC(F)(Cl)Cl)C2=O)cc1Cl. The molecule has 1 aromatic carbocycles. The first kappa shape index (κ1) is 17.1. The normalized spacial score (nSPS) is 15.8. The molecule has 1 fully saturated rings. The van der Waals surface area contributed by atoms with Crippen LogP contribution in [0.25, 0.3) is 0 Å². The van der Waals surface area contributed by atoms with Crippen LogP contribution in [0.15, 0.2) is 12.1 Å². The minimum atomic E-state index is -2.63. The topological polar surface area (TPSA) is 44.8 Å². The molecule has 1 saturated heterocycles. The van der Waals surface area contributed by atoms with Crippen LogP contribution in [0.3, 0.4) is 0 Å². The molecule has 0 spiro atoms. The van der Waals surface area contributed by atoms with Gasteiger partial charge in [0.05, 0.1) is 29.5 Å². The van der Waals surface area contributed by atoms with Crippen LogP contribution in [0.2, 0.25) is 10.0 Å². The summed E-state index contributed by atoms with van der Waals surface area (Å²) in [6.45, 7) is 0.0781. The van der Waals surface area contributed by atoms with E-state index < -0.39 is 9.95 Å². The van der Waals surface area contributed by atoms with Crippen molar-refractivity contribution in [2.24, 2.45) is 0 Å². The van der Waals surface area contributed by atoms with Gasteiger partial charge in [-0.2, -0.15) is 14.2 Å². The van der Waals surface area contributed by atoms with Crippen LogP contribution in [-0.2, 0) is 0 Å². The van der Waals surface area contributed by atoms with Gasteiger partial charge in [-0.25, -0.2) is 4.79 Å². The van der Waals surface area contributed by atoms with E-state index >= 15 is 0 Å². The van der Waals surface area contributed by atoms with Gasteiger partial charge in [-0.1, -0.05) is 46.4 Å². The number of nitrogens with one attached hydrogen (secondary N) is 1. The molecule has 0 aromatic heterocycles. The van der Waals surface area contributed by atoms with Crippen molar-refractivity contribution in [1.29, 1.82) is 0 Å². The smallest absolute Gasteiger partial charge is 0.350 e. The van der Waals surface area contributed by atoms with Crippen LogP contribution in [-0.4, -0.2) is 28.1 Å². The third-order valence-electron chi connectivity index (χ3n) is 2.47. The lowest BCUT2D eigenvalue weighted by Gasteiger charge is -2.19. The van der Waals surface area contributed by atoms with E-state index in [4.69, 9.17) is 51.1 Å². The number of halogens is 5. The van der Waals surface area contributed by atoms with Crippen molar-refractivity contribution in [3.8, 4) is 5.75 Å². The van der Waals surface area contributed by atoms with E-state index in [2.05, 4.69) is 5.43 Å². The molecule has 1 heterocycles. The molecule has 0 saturated carbocycles. The summed E-state index contributed by atoms with van der Waals surface area (Å²) in [6, 6.07) is 2.44. The number of ether oxygens (including phenoxy) is 1. The number of amides is 2. The van der Waals surface area contributed by atoms with Gasteiger partial charge in [0, 0.05) is 11.9 Å². The van der Waals surface area contributed by atoms with Crippen molar-refractivity contribution < 1.29 is 13.9 Å². The maximum absolute atomic E-state index is 13.2. The van der Waals surface area contributed by atoms with Gasteiger partial charge in [0.2, 0.25) is 0 Å². The molecule has 11 heteroatoms. The quantitative estimate of drug-likeness (QED) is 0.606. The van der Waals surface area contributed by atoms with Crippen molar-refractivity contribution in [2.45, 2.75) is 3.92 Å². The number of alkyl halides is 3. The van der Waals surface area contributed by atoms with Crippen molar-refractivity contribution in [2.75, 3.05) is 18.7 Å². The number of urea groups is 1. The zero-order valence-corrected chi connectivity index (χ0v) is 14.2. The Morgan fingerprint density at radius 2 is 1.95 bits per heavy atom. The Kier molecular flexibility index (Phi) is 5.23. The summed E-state index contributed by atoms with van der Waals surface area (Å²) in [4.78, 5) is 13.4. The highest BCUT2D eigenvalue weighted by molar-refractivity contribution is 8.01. The number of carbonyl (C=O) groups is 1. The summed E-state index contributed by atoms with van der Waals surface area (Å²) in [5, 5.41) is 0.488. The van der Waals surface area contributed by atoms with Crippen LogP contribution in [0, 0.1) is 0 Å². The molecule has 21 heavy (non-hydrogen) atoms. The standard InChI is InChI=1S/C10H8Cl4FN3O2S/c1-20-8-6(11)2-5(3-7(8)12)17-4-16-18(9(17)19)21-10(13,14)15/h2-3,16H,4H2,1H3. The van der Waals surface area contributed by atoms with E-state index in [1.165, 1.54) is 24.1 Å². The molecule has 0 radical (unpaired) electrons. The van der Waals surface area contributed by atoms with Gasteiger partial charge in [0.25, 0.3) is 0 Å². The first-order valence-corrected chi connectivity index (χ1v) is 7.65. The number of hydrogen-bond donors (Lipinski definition) is 1. The molecule has 0 atom stereocenters. The lowest BCUT2D eigenvalue weighted by molar-refractivity contribution is 0.235. The second kappa shape index (κ2) is 6.44. The number of methoxy groups -OCH3 is 1. The third kappa shape index (κ3) is 3.91. The van der Waals surface area contributed by atoms with Crippen LogP contribution >= 0.6 is 58.4 Å². The molecular weight excluding hydrogens is 387 g/mol. The fourth-order valence-corrected chi connectivity index (χ4v) is 3.20. The highest BCUT2D eigenvalue weighted by atomic mass is 35.5. The number of rotatable bonds is 4. The van der Waals surface area contributed by atoms with Crippen LogP contribution in [0.4, 0.5) is 14.9 Å². The van der Waals surface area contributed by atoms with Crippen molar-refractivity contribution in [3.05, 3.63) is 22.2 Å².